The average Bonchev–Trinajstić information content (AvgIpc) is 3.26. The van der Waals surface area contributed by atoms with Crippen LogP contribution in [0.2, 0.25) is 0 Å². The number of hydrogen-bond acceptors (Lipinski definition) is 7. The highest BCUT2D eigenvalue weighted by Gasteiger charge is 2.08. The number of aromatic nitrogens is 6. The summed E-state index contributed by atoms with van der Waals surface area (Å²) in [5, 5.41) is 17.5. The van der Waals surface area contributed by atoms with E-state index >= 15 is 0 Å². The van der Waals surface area contributed by atoms with Gasteiger partial charge in [0.05, 0.1) is 6.54 Å². The van der Waals surface area contributed by atoms with Gasteiger partial charge in [0.2, 0.25) is 11.8 Å². The van der Waals surface area contributed by atoms with Crippen molar-refractivity contribution in [1.29, 1.82) is 0 Å². The Balaban J connectivity index is 1.38. The molecule has 1 amide bonds. The van der Waals surface area contributed by atoms with Crippen molar-refractivity contribution >= 4 is 5.91 Å². The van der Waals surface area contributed by atoms with Crippen LogP contribution in [0.1, 0.15) is 23.7 Å². The van der Waals surface area contributed by atoms with Gasteiger partial charge in [-0.25, -0.2) is 4.68 Å². The van der Waals surface area contributed by atoms with E-state index in [1.807, 2.05) is 30.3 Å². The molecule has 0 fully saturated rings. The third kappa shape index (κ3) is 4.70. The van der Waals surface area contributed by atoms with Crippen LogP contribution in [-0.2, 0) is 24.2 Å². The molecule has 1 aromatic carbocycles. The van der Waals surface area contributed by atoms with Crippen LogP contribution in [0.25, 0.3) is 0 Å². The SMILES string of the molecule is O=C(CCn1cnnn1)NCCc1nc(Cc2ccccc2)no1. The van der Waals surface area contributed by atoms with Crippen LogP contribution in [0.5, 0.6) is 0 Å². The van der Waals surface area contributed by atoms with Gasteiger partial charge in [-0.3, -0.25) is 4.79 Å². The molecule has 1 N–H and O–H groups in total. The zero-order valence-electron chi connectivity index (χ0n) is 13.0. The van der Waals surface area contributed by atoms with Gasteiger partial charge < -0.3 is 9.84 Å². The second-order valence-corrected chi connectivity index (χ2v) is 5.19. The number of carbonyl (C=O) groups excluding carboxylic acids is 1. The summed E-state index contributed by atoms with van der Waals surface area (Å²) in [5.74, 6) is 1.08. The van der Waals surface area contributed by atoms with Gasteiger partial charge in [0.1, 0.15) is 6.33 Å². The van der Waals surface area contributed by atoms with Crippen LogP contribution in [0.3, 0.4) is 0 Å². The number of amides is 1. The lowest BCUT2D eigenvalue weighted by Gasteiger charge is -2.02. The molecule has 9 heteroatoms. The van der Waals surface area contributed by atoms with Crippen molar-refractivity contribution in [2.24, 2.45) is 0 Å². The number of nitrogens with one attached hydrogen (secondary N) is 1. The van der Waals surface area contributed by atoms with E-state index in [9.17, 15) is 4.79 Å². The van der Waals surface area contributed by atoms with Crippen LogP contribution in [0.4, 0.5) is 0 Å². The van der Waals surface area contributed by atoms with Crippen LogP contribution < -0.4 is 5.32 Å². The lowest BCUT2D eigenvalue weighted by atomic mass is 10.1. The molecule has 2 aromatic heterocycles. The van der Waals surface area contributed by atoms with Gasteiger partial charge in [0.25, 0.3) is 0 Å². The summed E-state index contributed by atoms with van der Waals surface area (Å²) in [6, 6.07) is 9.94. The number of hydrogen-bond donors (Lipinski definition) is 1. The third-order valence-electron chi connectivity index (χ3n) is 3.34. The fourth-order valence-electron chi connectivity index (χ4n) is 2.14. The maximum Gasteiger partial charge on any atom is 0.228 e. The summed E-state index contributed by atoms with van der Waals surface area (Å²) in [5.41, 5.74) is 1.13. The molecule has 0 spiro atoms. The van der Waals surface area contributed by atoms with Gasteiger partial charge in [-0.15, -0.1) is 5.10 Å². The monoisotopic (exact) mass is 327 g/mol. The molecular formula is C15H17N7O2. The molecule has 0 radical (unpaired) electrons. The normalized spacial score (nSPS) is 10.7. The quantitative estimate of drug-likeness (QED) is 0.637. The van der Waals surface area contributed by atoms with Crippen LogP contribution in [0.15, 0.2) is 41.2 Å². The Bertz CT molecular complexity index is 755. The van der Waals surface area contributed by atoms with Crippen molar-refractivity contribution in [2.45, 2.75) is 25.8 Å². The molecular weight excluding hydrogens is 310 g/mol. The lowest BCUT2D eigenvalue weighted by Crippen LogP contribution is -2.26. The molecule has 0 aliphatic heterocycles. The standard InChI is InChI=1S/C15H17N7O2/c23-14(7-9-22-11-17-20-21-22)16-8-6-15-18-13(19-24-15)10-12-4-2-1-3-5-12/h1-5,11H,6-10H2,(H,16,23). The summed E-state index contributed by atoms with van der Waals surface area (Å²) in [7, 11) is 0. The summed E-state index contributed by atoms with van der Waals surface area (Å²) in [4.78, 5) is 16.0. The number of nitrogens with zero attached hydrogens (tertiary/aromatic N) is 6. The predicted octanol–water partition coefficient (Wildman–Crippen LogP) is 0.396. The van der Waals surface area contributed by atoms with Crippen LogP contribution >= 0.6 is 0 Å². The number of carbonyl (C=O) groups is 1. The molecule has 24 heavy (non-hydrogen) atoms. The molecule has 124 valence electrons. The topological polar surface area (TPSA) is 112 Å². The Labute approximate surface area is 138 Å². The molecule has 3 rings (SSSR count). The summed E-state index contributed by atoms with van der Waals surface area (Å²) in [6.45, 7) is 0.891. The number of tetrazole rings is 1. The Hall–Kier alpha value is -3.10. The van der Waals surface area contributed by atoms with E-state index in [2.05, 4.69) is 31.0 Å². The molecule has 0 saturated carbocycles. The first kappa shape index (κ1) is 15.8. The maximum atomic E-state index is 11.7. The molecule has 3 aromatic rings. The largest absolute Gasteiger partial charge is 0.356 e. The molecule has 0 unspecified atom stereocenters. The highest BCUT2D eigenvalue weighted by Crippen LogP contribution is 2.06. The first-order chi connectivity index (χ1) is 11.8. The molecule has 0 aliphatic rings. The number of benzene rings is 1. The van der Waals surface area contributed by atoms with E-state index in [1.165, 1.54) is 11.0 Å². The van der Waals surface area contributed by atoms with E-state index in [0.29, 0.717) is 44.1 Å². The molecule has 2 heterocycles. The smallest absolute Gasteiger partial charge is 0.228 e. The summed E-state index contributed by atoms with van der Waals surface area (Å²) < 4.78 is 6.70. The molecule has 0 atom stereocenters. The van der Waals surface area contributed by atoms with Gasteiger partial charge in [-0.05, 0) is 16.0 Å². The van der Waals surface area contributed by atoms with Gasteiger partial charge in [0.15, 0.2) is 5.82 Å². The average molecular weight is 327 g/mol. The van der Waals surface area contributed by atoms with E-state index in [4.69, 9.17) is 4.52 Å². The second-order valence-electron chi connectivity index (χ2n) is 5.19. The van der Waals surface area contributed by atoms with Gasteiger partial charge in [0, 0.05) is 25.8 Å². The minimum Gasteiger partial charge on any atom is -0.356 e. The summed E-state index contributed by atoms with van der Waals surface area (Å²) >= 11 is 0. The van der Waals surface area contributed by atoms with Gasteiger partial charge in [-0.2, -0.15) is 4.98 Å². The summed E-state index contributed by atoms with van der Waals surface area (Å²) in [6.07, 6.45) is 2.91. The van der Waals surface area contributed by atoms with Crippen molar-refractivity contribution in [3.63, 3.8) is 0 Å². The van der Waals surface area contributed by atoms with Gasteiger partial charge >= 0.3 is 0 Å². The Morgan fingerprint density at radius 1 is 1.25 bits per heavy atom. The fraction of sp³-hybridized carbons (Fsp3) is 0.333. The van der Waals surface area contributed by atoms with Crippen molar-refractivity contribution in [3.05, 3.63) is 53.9 Å². The fourth-order valence-corrected chi connectivity index (χ4v) is 2.14. The zero-order chi connectivity index (χ0) is 16.6. The van der Waals surface area contributed by atoms with Crippen molar-refractivity contribution in [1.82, 2.24) is 35.7 Å². The van der Waals surface area contributed by atoms with Crippen LogP contribution in [-0.4, -0.2) is 42.8 Å². The first-order valence-corrected chi connectivity index (χ1v) is 7.62. The Morgan fingerprint density at radius 3 is 2.92 bits per heavy atom. The second kappa shape index (κ2) is 7.95. The molecule has 9 nitrogen and oxygen atoms in total. The lowest BCUT2D eigenvalue weighted by molar-refractivity contribution is -0.121. The van der Waals surface area contributed by atoms with Crippen molar-refractivity contribution < 1.29 is 9.32 Å². The minimum absolute atomic E-state index is 0.0745. The Morgan fingerprint density at radius 2 is 2.12 bits per heavy atom. The minimum atomic E-state index is -0.0745. The number of aryl methyl sites for hydroxylation is 1. The van der Waals surface area contributed by atoms with Gasteiger partial charge in [-0.1, -0.05) is 35.5 Å². The van der Waals surface area contributed by atoms with E-state index in [1.54, 1.807) is 0 Å². The van der Waals surface area contributed by atoms with E-state index in [0.717, 1.165) is 5.56 Å². The first-order valence-electron chi connectivity index (χ1n) is 7.62. The molecule has 0 aliphatic carbocycles. The predicted molar refractivity (Wildman–Crippen MR) is 82.7 cm³/mol. The molecule has 0 bridgehead atoms. The van der Waals surface area contributed by atoms with E-state index < -0.39 is 0 Å². The Kier molecular flexibility index (Phi) is 5.23. The third-order valence-corrected chi connectivity index (χ3v) is 3.34. The molecule has 0 saturated heterocycles. The zero-order valence-corrected chi connectivity index (χ0v) is 13.0. The highest BCUT2D eigenvalue weighted by molar-refractivity contribution is 5.75. The van der Waals surface area contributed by atoms with Crippen molar-refractivity contribution in [2.75, 3.05) is 6.54 Å². The van der Waals surface area contributed by atoms with Crippen LogP contribution in [0, 0.1) is 0 Å². The van der Waals surface area contributed by atoms with E-state index in [-0.39, 0.29) is 5.91 Å². The highest BCUT2D eigenvalue weighted by atomic mass is 16.5. The maximum absolute atomic E-state index is 11.7. The number of rotatable bonds is 8. The van der Waals surface area contributed by atoms with Crippen molar-refractivity contribution in [3.8, 4) is 0 Å².